The van der Waals surface area contributed by atoms with E-state index >= 15 is 0 Å². The van der Waals surface area contributed by atoms with Crippen LogP contribution >= 0.6 is 15.9 Å². The molecule has 1 heterocycles. The van der Waals surface area contributed by atoms with Crippen LogP contribution in [0.1, 0.15) is 17.2 Å². The Kier molecular flexibility index (Phi) is 4.18. The first-order chi connectivity index (χ1) is 9.04. The largest absolute Gasteiger partial charge is 0.271 e. The number of aromatic nitrogens is 1. The van der Waals surface area contributed by atoms with Crippen molar-refractivity contribution in [3.8, 4) is 0 Å². The number of pyridine rings is 1. The van der Waals surface area contributed by atoms with Crippen molar-refractivity contribution in [1.82, 2.24) is 10.4 Å². The van der Waals surface area contributed by atoms with Crippen LogP contribution in [0.5, 0.6) is 0 Å². The van der Waals surface area contributed by atoms with Gasteiger partial charge in [-0.05, 0) is 33.6 Å². The van der Waals surface area contributed by atoms with Gasteiger partial charge in [-0.25, -0.2) is 18.6 Å². The topological polar surface area (TPSA) is 50.9 Å². The highest BCUT2D eigenvalue weighted by Gasteiger charge is 2.21. The van der Waals surface area contributed by atoms with E-state index in [0.29, 0.717) is 10.0 Å². The number of halogens is 4. The molecule has 7 heteroatoms. The van der Waals surface area contributed by atoms with Crippen molar-refractivity contribution in [2.24, 2.45) is 5.84 Å². The Balaban J connectivity index is 2.51. The fourth-order valence-corrected chi connectivity index (χ4v) is 2.10. The van der Waals surface area contributed by atoms with E-state index in [4.69, 9.17) is 5.84 Å². The van der Waals surface area contributed by atoms with Crippen molar-refractivity contribution >= 4 is 15.9 Å². The molecule has 3 nitrogen and oxygen atoms in total. The third-order valence-corrected chi connectivity index (χ3v) is 3.04. The molecule has 0 saturated carbocycles. The zero-order valence-corrected chi connectivity index (χ0v) is 11.1. The molecule has 3 N–H and O–H groups in total. The van der Waals surface area contributed by atoms with Crippen LogP contribution in [0.2, 0.25) is 0 Å². The molecule has 0 aliphatic heterocycles. The zero-order chi connectivity index (χ0) is 14.0. The van der Waals surface area contributed by atoms with E-state index in [9.17, 15) is 13.2 Å². The lowest BCUT2D eigenvalue weighted by molar-refractivity contribution is 0.433. The van der Waals surface area contributed by atoms with Gasteiger partial charge in [-0.3, -0.25) is 10.8 Å². The molecule has 0 spiro atoms. The summed E-state index contributed by atoms with van der Waals surface area (Å²) in [6.45, 7) is 0. The number of hydrazine groups is 1. The van der Waals surface area contributed by atoms with Crippen molar-refractivity contribution in [2.45, 2.75) is 6.04 Å². The summed E-state index contributed by atoms with van der Waals surface area (Å²) in [5, 5.41) is 0. The van der Waals surface area contributed by atoms with Gasteiger partial charge in [0.15, 0.2) is 17.5 Å². The van der Waals surface area contributed by atoms with Gasteiger partial charge in [0, 0.05) is 22.4 Å². The minimum atomic E-state index is -1.53. The summed E-state index contributed by atoms with van der Waals surface area (Å²) in [6, 6.07) is 2.81. The maximum atomic E-state index is 13.7. The summed E-state index contributed by atoms with van der Waals surface area (Å²) in [4.78, 5) is 3.92. The highest BCUT2D eigenvalue weighted by atomic mass is 79.9. The van der Waals surface area contributed by atoms with Crippen LogP contribution in [0, 0.1) is 17.5 Å². The Morgan fingerprint density at radius 2 is 1.89 bits per heavy atom. The van der Waals surface area contributed by atoms with Crippen LogP contribution in [0.4, 0.5) is 13.2 Å². The second kappa shape index (κ2) is 5.68. The highest BCUT2D eigenvalue weighted by Crippen LogP contribution is 2.27. The van der Waals surface area contributed by atoms with Crippen molar-refractivity contribution < 1.29 is 13.2 Å². The minimum absolute atomic E-state index is 0.0960. The molecule has 1 aromatic heterocycles. The minimum Gasteiger partial charge on any atom is -0.271 e. The first kappa shape index (κ1) is 14.0. The molecule has 19 heavy (non-hydrogen) atoms. The second-order valence-electron chi connectivity index (χ2n) is 3.80. The number of hydrogen-bond donors (Lipinski definition) is 2. The SMILES string of the molecule is NNC(c1cncc(Br)c1)c1ccc(F)c(F)c1F. The molecule has 1 atom stereocenters. The Bertz CT molecular complexity index is 607. The summed E-state index contributed by atoms with van der Waals surface area (Å²) >= 11 is 3.22. The summed E-state index contributed by atoms with van der Waals surface area (Å²) in [6.07, 6.45) is 2.99. The predicted octanol–water partition coefficient (Wildman–Crippen LogP) is 2.81. The normalized spacial score (nSPS) is 12.5. The lowest BCUT2D eigenvalue weighted by atomic mass is 10.00. The van der Waals surface area contributed by atoms with Crippen LogP contribution in [0.15, 0.2) is 35.1 Å². The van der Waals surface area contributed by atoms with E-state index in [1.165, 1.54) is 6.20 Å². The second-order valence-corrected chi connectivity index (χ2v) is 4.72. The highest BCUT2D eigenvalue weighted by molar-refractivity contribution is 9.10. The van der Waals surface area contributed by atoms with Crippen LogP contribution in [0.25, 0.3) is 0 Å². The summed E-state index contributed by atoms with van der Waals surface area (Å²) in [5.74, 6) is 1.32. The van der Waals surface area contributed by atoms with Crippen molar-refractivity contribution in [1.29, 1.82) is 0 Å². The van der Waals surface area contributed by atoms with Crippen LogP contribution in [-0.2, 0) is 0 Å². The lowest BCUT2D eigenvalue weighted by Gasteiger charge is -2.17. The van der Waals surface area contributed by atoms with Crippen molar-refractivity contribution in [3.05, 3.63) is 63.6 Å². The third-order valence-electron chi connectivity index (χ3n) is 2.60. The number of hydrogen-bond acceptors (Lipinski definition) is 3. The molecule has 0 fully saturated rings. The summed E-state index contributed by atoms with van der Waals surface area (Å²) in [7, 11) is 0. The first-order valence-electron chi connectivity index (χ1n) is 5.24. The van der Waals surface area contributed by atoms with Gasteiger partial charge in [-0.2, -0.15) is 0 Å². The number of rotatable bonds is 3. The average Bonchev–Trinajstić information content (AvgIpc) is 2.40. The van der Waals surface area contributed by atoms with E-state index in [1.807, 2.05) is 0 Å². The smallest absolute Gasteiger partial charge is 0.194 e. The van der Waals surface area contributed by atoms with Gasteiger partial charge in [-0.1, -0.05) is 6.07 Å². The Morgan fingerprint density at radius 1 is 1.16 bits per heavy atom. The molecule has 0 bridgehead atoms. The van der Waals surface area contributed by atoms with Crippen molar-refractivity contribution in [3.63, 3.8) is 0 Å². The molecule has 100 valence electrons. The summed E-state index contributed by atoms with van der Waals surface area (Å²) in [5.41, 5.74) is 2.78. The van der Waals surface area contributed by atoms with E-state index in [-0.39, 0.29) is 5.56 Å². The molecule has 0 saturated heterocycles. The molecule has 1 aromatic carbocycles. The van der Waals surface area contributed by atoms with E-state index < -0.39 is 23.5 Å². The molecule has 1 unspecified atom stereocenters. The van der Waals surface area contributed by atoms with Gasteiger partial charge < -0.3 is 0 Å². The zero-order valence-electron chi connectivity index (χ0n) is 9.50. The molecule has 0 aliphatic carbocycles. The quantitative estimate of drug-likeness (QED) is 0.516. The van der Waals surface area contributed by atoms with Gasteiger partial charge in [0.05, 0.1) is 6.04 Å². The standard InChI is InChI=1S/C12H9BrF3N3/c13-7-3-6(4-18-5-7)12(19-17)8-1-2-9(14)11(16)10(8)15/h1-5,12,19H,17H2. The number of nitrogens with one attached hydrogen (secondary N) is 1. The Hall–Kier alpha value is -1.44. The van der Waals surface area contributed by atoms with Gasteiger partial charge in [0.2, 0.25) is 0 Å². The first-order valence-corrected chi connectivity index (χ1v) is 6.04. The monoisotopic (exact) mass is 331 g/mol. The van der Waals surface area contributed by atoms with E-state index in [0.717, 1.165) is 12.1 Å². The van der Waals surface area contributed by atoms with Crippen molar-refractivity contribution in [2.75, 3.05) is 0 Å². The fraction of sp³-hybridized carbons (Fsp3) is 0.0833. The summed E-state index contributed by atoms with van der Waals surface area (Å²) < 4.78 is 40.5. The number of nitrogens with two attached hydrogens (primary N) is 1. The molecule has 0 radical (unpaired) electrons. The molecular weight excluding hydrogens is 323 g/mol. The Labute approximate surface area is 115 Å². The third kappa shape index (κ3) is 2.78. The van der Waals surface area contributed by atoms with E-state index in [1.54, 1.807) is 12.3 Å². The lowest BCUT2D eigenvalue weighted by Crippen LogP contribution is -2.30. The maximum absolute atomic E-state index is 13.7. The van der Waals surface area contributed by atoms with Gasteiger partial charge in [0.25, 0.3) is 0 Å². The van der Waals surface area contributed by atoms with E-state index in [2.05, 4.69) is 26.3 Å². The Morgan fingerprint density at radius 3 is 2.53 bits per heavy atom. The predicted molar refractivity (Wildman–Crippen MR) is 67.4 cm³/mol. The maximum Gasteiger partial charge on any atom is 0.194 e. The number of benzene rings is 1. The van der Waals surface area contributed by atoms with Crippen LogP contribution in [0.3, 0.4) is 0 Å². The fourth-order valence-electron chi connectivity index (χ4n) is 1.72. The number of nitrogens with zero attached hydrogens (tertiary/aromatic N) is 1. The molecular formula is C12H9BrF3N3. The average molecular weight is 332 g/mol. The van der Waals surface area contributed by atoms with Gasteiger partial charge in [-0.15, -0.1) is 0 Å². The molecule has 2 rings (SSSR count). The van der Waals surface area contributed by atoms with Gasteiger partial charge >= 0.3 is 0 Å². The van der Waals surface area contributed by atoms with Gasteiger partial charge in [0.1, 0.15) is 0 Å². The van der Waals surface area contributed by atoms with Crippen LogP contribution < -0.4 is 11.3 Å². The molecule has 0 aliphatic rings. The van der Waals surface area contributed by atoms with Crippen LogP contribution in [-0.4, -0.2) is 4.98 Å². The molecule has 2 aromatic rings. The molecule has 0 amide bonds.